The highest BCUT2D eigenvalue weighted by Crippen LogP contribution is 2.15. The summed E-state index contributed by atoms with van der Waals surface area (Å²) in [5.41, 5.74) is 0. The maximum absolute atomic E-state index is 11.7. The number of amides is 3. The Hall–Kier alpha value is -1.63. The Kier molecular flexibility index (Phi) is 6.27. The first-order valence-corrected chi connectivity index (χ1v) is 6.33. The zero-order valence-electron chi connectivity index (χ0n) is 11.1. The summed E-state index contributed by atoms with van der Waals surface area (Å²) in [6, 6.07) is -0.484. The summed E-state index contributed by atoms with van der Waals surface area (Å²) >= 11 is 0. The first kappa shape index (κ1) is 15.4. The molecule has 3 amide bonds. The topological polar surface area (TPSA) is 95.9 Å². The molecule has 1 aliphatic heterocycles. The van der Waals surface area contributed by atoms with Gasteiger partial charge in [0.1, 0.15) is 0 Å². The van der Waals surface area contributed by atoms with E-state index in [9.17, 15) is 14.4 Å². The van der Waals surface area contributed by atoms with Gasteiger partial charge < -0.3 is 14.7 Å². The first-order valence-electron chi connectivity index (χ1n) is 6.33. The number of hydrogen-bond donors (Lipinski definition) is 2. The predicted molar refractivity (Wildman–Crippen MR) is 66.6 cm³/mol. The summed E-state index contributed by atoms with van der Waals surface area (Å²) in [6.45, 7) is 1.98. The van der Waals surface area contributed by atoms with Gasteiger partial charge in [0.2, 0.25) is 5.91 Å². The fourth-order valence-corrected chi connectivity index (χ4v) is 1.90. The van der Waals surface area contributed by atoms with Crippen molar-refractivity contribution in [2.45, 2.75) is 25.7 Å². The van der Waals surface area contributed by atoms with E-state index >= 15 is 0 Å². The Labute approximate surface area is 111 Å². The molecule has 7 nitrogen and oxygen atoms in total. The molecule has 0 atom stereocenters. The Morgan fingerprint density at radius 2 is 1.89 bits per heavy atom. The van der Waals surface area contributed by atoms with Crippen molar-refractivity contribution in [1.29, 1.82) is 0 Å². The van der Waals surface area contributed by atoms with Gasteiger partial charge in [-0.25, -0.2) is 4.79 Å². The number of carbonyl (C=O) groups excluding carboxylic acids is 2. The number of urea groups is 1. The van der Waals surface area contributed by atoms with Crippen LogP contribution < -0.4 is 5.32 Å². The molecule has 0 radical (unpaired) electrons. The van der Waals surface area contributed by atoms with Gasteiger partial charge in [0.15, 0.2) is 0 Å². The number of imide groups is 1. The maximum atomic E-state index is 11.7. The zero-order chi connectivity index (χ0) is 14.3. The van der Waals surface area contributed by atoms with E-state index in [1.54, 1.807) is 7.05 Å². The van der Waals surface area contributed by atoms with Gasteiger partial charge in [-0.2, -0.15) is 0 Å². The number of carboxylic acid groups (broad SMARTS) is 1. The normalized spacial score (nSPS) is 15.8. The molecule has 1 fully saturated rings. The second-order valence-corrected chi connectivity index (χ2v) is 4.68. The van der Waals surface area contributed by atoms with Crippen LogP contribution in [0.1, 0.15) is 25.7 Å². The Balaban J connectivity index is 2.27. The SMILES string of the molecule is CN(CC1CCOCC1)C(=O)NC(=O)CCC(=O)O. The minimum atomic E-state index is -1.06. The second kappa shape index (κ2) is 7.73. The summed E-state index contributed by atoms with van der Waals surface area (Å²) in [7, 11) is 1.62. The van der Waals surface area contributed by atoms with Crippen LogP contribution in [0.4, 0.5) is 4.79 Å². The molecule has 1 heterocycles. The number of nitrogens with zero attached hydrogens (tertiary/aromatic N) is 1. The molecular weight excluding hydrogens is 252 g/mol. The number of carbonyl (C=O) groups is 3. The molecular formula is C12H20N2O5. The van der Waals surface area contributed by atoms with Crippen LogP contribution in [0.15, 0.2) is 0 Å². The van der Waals surface area contributed by atoms with Gasteiger partial charge in [-0.15, -0.1) is 0 Å². The fourth-order valence-electron chi connectivity index (χ4n) is 1.90. The standard InChI is InChI=1S/C12H20N2O5/c1-14(8-9-4-6-19-7-5-9)12(18)13-10(15)2-3-11(16)17/h9H,2-8H2,1H3,(H,16,17)(H,13,15,18). The zero-order valence-corrected chi connectivity index (χ0v) is 11.1. The van der Waals surface area contributed by atoms with E-state index in [1.165, 1.54) is 4.90 Å². The smallest absolute Gasteiger partial charge is 0.323 e. The van der Waals surface area contributed by atoms with Crippen molar-refractivity contribution in [2.75, 3.05) is 26.8 Å². The molecule has 0 spiro atoms. The van der Waals surface area contributed by atoms with Gasteiger partial charge in [0.25, 0.3) is 0 Å². The number of carboxylic acids is 1. The van der Waals surface area contributed by atoms with Crippen LogP contribution in [0.25, 0.3) is 0 Å². The minimum Gasteiger partial charge on any atom is -0.481 e. The Bertz CT molecular complexity index is 339. The molecule has 0 bridgehead atoms. The monoisotopic (exact) mass is 272 g/mol. The molecule has 2 N–H and O–H groups in total. The van der Waals surface area contributed by atoms with E-state index in [4.69, 9.17) is 9.84 Å². The molecule has 0 saturated carbocycles. The molecule has 0 unspecified atom stereocenters. The molecule has 1 rings (SSSR count). The second-order valence-electron chi connectivity index (χ2n) is 4.68. The average molecular weight is 272 g/mol. The highest BCUT2D eigenvalue weighted by molar-refractivity contribution is 5.95. The van der Waals surface area contributed by atoms with Gasteiger partial charge in [-0.3, -0.25) is 14.9 Å². The maximum Gasteiger partial charge on any atom is 0.323 e. The lowest BCUT2D eigenvalue weighted by molar-refractivity contribution is -0.138. The van der Waals surface area contributed by atoms with Crippen LogP contribution in [0.3, 0.4) is 0 Å². The third-order valence-corrected chi connectivity index (χ3v) is 3.03. The fraction of sp³-hybridized carbons (Fsp3) is 0.750. The molecule has 19 heavy (non-hydrogen) atoms. The van der Waals surface area contributed by atoms with Crippen LogP contribution in [0.5, 0.6) is 0 Å². The number of ether oxygens (including phenoxy) is 1. The summed E-state index contributed by atoms with van der Waals surface area (Å²) in [6.07, 6.45) is 1.35. The van der Waals surface area contributed by atoms with Crippen molar-refractivity contribution in [3.8, 4) is 0 Å². The lowest BCUT2D eigenvalue weighted by Gasteiger charge is -2.27. The van der Waals surface area contributed by atoms with Gasteiger partial charge in [0, 0.05) is 33.2 Å². The van der Waals surface area contributed by atoms with E-state index in [0.717, 1.165) is 12.8 Å². The third-order valence-electron chi connectivity index (χ3n) is 3.03. The Morgan fingerprint density at radius 3 is 2.47 bits per heavy atom. The third kappa shape index (κ3) is 6.19. The van der Waals surface area contributed by atoms with Crippen LogP contribution in [0.2, 0.25) is 0 Å². The highest BCUT2D eigenvalue weighted by Gasteiger charge is 2.19. The summed E-state index contributed by atoms with van der Waals surface area (Å²) in [5.74, 6) is -1.23. The quantitative estimate of drug-likeness (QED) is 0.757. The first-order chi connectivity index (χ1) is 8.99. The van der Waals surface area contributed by atoms with Crippen molar-refractivity contribution < 1.29 is 24.2 Å². The molecule has 1 aliphatic rings. The van der Waals surface area contributed by atoms with E-state index in [0.29, 0.717) is 25.7 Å². The lowest BCUT2D eigenvalue weighted by atomic mass is 10.00. The van der Waals surface area contributed by atoms with Crippen molar-refractivity contribution in [3.05, 3.63) is 0 Å². The molecule has 0 aromatic carbocycles. The predicted octanol–water partition coefficient (Wildman–Crippen LogP) is 0.446. The molecule has 7 heteroatoms. The van der Waals surface area contributed by atoms with E-state index in [2.05, 4.69) is 5.32 Å². The van der Waals surface area contributed by atoms with Gasteiger partial charge in [-0.05, 0) is 18.8 Å². The van der Waals surface area contributed by atoms with Gasteiger partial charge in [0.05, 0.1) is 6.42 Å². The van der Waals surface area contributed by atoms with Gasteiger partial charge >= 0.3 is 12.0 Å². The number of aliphatic carboxylic acids is 1. The van der Waals surface area contributed by atoms with Gasteiger partial charge in [-0.1, -0.05) is 0 Å². The lowest BCUT2D eigenvalue weighted by Crippen LogP contribution is -2.43. The summed E-state index contributed by atoms with van der Waals surface area (Å²) in [5, 5.41) is 10.6. The van der Waals surface area contributed by atoms with E-state index < -0.39 is 17.9 Å². The van der Waals surface area contributed by atoms with E-state index in [-0.39, 0.29) is 12.8 Å². The number of nitrogens with one attached hydrogen (secondary N) is 1. The highest BCUT2D eigenvalue weighted by atomic mass is 16.5. The van der Waals surface area contributed by atoms with Crippen molar-refractivity contribution in [3.63, 3.8) is 0 Å². The number of rotatable bonds is 5. The van der Waals surface area contributed by atoms with Crippen LogP contribution in [-0.4, -0.2) is 54.7 Å². The molecule has 1 saturated heterocycles. The summed E-state index contributed by atoms with van der Waals surface area (Å²) < 4.78 is 5.23. The average Bonchev–Trinajstić information content (AvgIpc) is 2.37. The van der Waals surface area contributed by atoms with Crippen LogP contribution in [-0.2, 0) is 14.3 Å². The summed E-state index contributed by atoms with van der Waals surface area (Å²) in [4.78, 5) is 34.8. The largest absolute Gasteiger partial charge is 0.481 e. The van der Waals surface area contributed by atoms with E-state index in [1.807, 2.05) is 0 Å². The van der Waals surface area contributed by atoms with Crippen molar-refractivity contribution >= 4 is 17.9 Å². The minimum absolute atomic E-state index is 0.188. The molecule has 108 valence electrons. The van der Waals surface area contributed by atoms with Crippen molar-refractivity contribution in [2.24, 2.45) is 5.92 Å². The Morgan fingerprint density at radius 1 is 1.26 bits per heavy atom. The molecule has 0 aromatic rings. The number of hydrogen-bond acceptors (Lipinski definition) is 4. The molecule has 0 aromatic heterocycles. The van der Waals surface area contributed by atoms with Crippen molar-refractivity contribution in [1.82, 2.24) is 10.2 Å². The molecule has 0 aliphatic carbocycles. The van der Waals surface area contributed by atoms with Crippen LogP contribution in [0, 0.1) is 5.92 Å². The van der Waals surface area contributed by atoms with Crippen LogP contribution >= 0.6 is 0 Å².